The van der Waals surface area contributed by atoms with Crippen molar-refractivity contribution in [2.45, 2.75) is 25.4 Å². The van der Waals surface area contributed by atoms with Crippen LogP contribution in [0.3, 0.4) is 0 Å². The van der Waals surface area contributed by atoms with E-state index in [1.54, 1.807) is 7.05 Å². The number of β-amino-alcohol motifs (C(OH)–C–C–N with tert-alkyl or cyclic N) is 1. The number of aromatic nitrogens is 2. The third kappa shape index (κ3) is 3.77. The van der Waals surface area contributed by atoms with E-state index in [-0.39, 0.29) is 48.3 Å². The number of hydrogen-bond acceptors (Lipinski definition) is 6. The highest BCUT2D eigenvalue weighted by molar-refractivity contribution is 5.95. The quantitative estimate of drug-likeness (QED) is 0.767. The predicted octanol–water partition coefficient (Wildman–Crippen LogP) is 0.114. The summed E-state index contributed by atoms with van der Waals surface area (Å²) in [6.45, 7) is 3.92. The van der Waals surface area contributed by atoms with Crippen molar-refractivity contribution >= 4 is 11.8 Å². The van der Waals surface area contributed by atoms with E-state index < -0.39 is 11.5 Å². The molecule has 0 radical (unpaired) electrons. The lowest BCUT2D eigenvalue weighted by Gasteiger charge is -2.46. The molecule has 1 saturated heterocycles. The van der Waals surface area contributed by atoms with Crippen molar-refractivity contribution in [2.24, 2.45) is 7.05 Å². The summed E-state index contributed by atoms with van der Waals surface area (Å²) in [4.78, 5) is 41.7. The monoisotopic (exact) mass is 374 g/mol. The number of hydrogen-bond donors (Lipinski definition) is 2. The molecule has 2 aromatic rings. The summed E-state index contributed by atoms with van der Waals surface area (Å²) in [5.74, 6) is -0.238. The summed E-state index contributed by atoms with van der Waals surface area (Å²) in [6.07, 6.45) is 2.73. The van der Waals surface area contributed by atoms with Crippen LogP contribution < -0.4 is 10.9 Å². The number of likely N-dealkylation sites (tertiary alicyclic amines) is 1. The number of rotatable bonds is 5. The maximum atomic E-state index is 12.5. The smallest absolute Gasteiger partial charge is 0.276 e. The van der Waals surface area contributed by atoms with Crippen LogP contribution in [0.5, 0.6) is 0 Å². The third-order valence-electron chi connectivity index (χ3n) is 4.52. The normalized spacial score (nSPS) is 15.5. The van der Waals surface area contributed by atoms with Gasteiger partial charge in [-0.1, -0.05) is 13.8 Å². The van der Waals surface area contributed by atoms with E-state index in [2.05, 4.69) is 10.3 Å². The fourth-order valence-corrected chi connectivity index (χ4v) is 2.93. The van der Waals surface area contributed by atoms with Gasteiger partial charge in [-0.25, -0.2) is 4.98 Å². The van der Waals surface area contributed by atoms with E-state index in [4.69, 9.17) is 4.42 Å². The molecule has 2 aromatic heterocycles. The molecule has 1 aliphatic heterocycles. The zero-order chi connectivity index (χ0) is 19.8. The molecular weight excluding hydrogens is 352 g/mol. The summed E-state index contributed by atoms with van der Waals surface area (Å²) in [5.41, 5.74) is -1.04. The molecule has 27 heavy (non-hydrogen) atoms. The minimum atomic E-state index is -1.22. The second-order valence-corrected chi connectivity index (χ2v) is 7.15. The second kappa shape index (κ2) is 6.99. The second-order valence-electron chi connectivity index (χ2n) is 7.15. The van der Waals surface area contributed by atoms with Gasteiger partial charge in [-0.3, -0.25) is 14.4 Å². The van der Waals surface area contributed by atoms with Gasteiger partial charge in [0.25, 0.3) is 17.4 Å². The van der Waals surface area contributed by atoms with Crippen LogP contribution in [0.2, 0.25) is 0 Å². The first-order valence-electron chi connectivity index (χ1n) is 8.60. The molecule has 144 valence electrons. The Balaban J connectivity index is 1.56. The number of pyridine rings is 1. The maximum Gasteiger partial charge on any atom is 0.276 e. The van der Waals surface area contributed by atoms with Crippen LogP contribution in [0.15, 0.2) is 33.9 Å². The van der Waals surface area contributed by atoms with Crippen LogP contribution in [0.4, 0.5) is 0 Å². The minimum absolute atomic E-state index is 0.0180. The molecule has 2 N–H and O–H groups in total. The van der Waals surface area contributed by atoms with E-state index >= 15 is 0 Å². The summed E-state index contributed by atoms with van der Waals surface area (Å²) < 4.78 is 6.61. The minimum Gasteiger partial charge on any atom is -0.447 e. The molecule has 0 unspecified atom stereocenters. The van der Waals surface area contributed by atoms with Crippen molar-refractivity contribution in [1.29, 1.82) is 0 Å². The summed E-state index contributed by atoms with van der Waals surface area (Å²) in [7, 11) is 1.59. The van der Waals surface area contributed by atoms with Gasteiger partial charge in [0.15, 0.2) is 12.1 Å². The highest BCUT2D eigenvalue weighted by Gasteiger charge is 2.45. The highest BCUT2D eigenvalue weighted by atomic mass is 16.3. The summed E-state index contributed by atoms with van der Waals surface area (Å²) in [5, 5.41) is 13.1. The third-order valence-corrected chi connectivity index (χ3v) is 4.52. The lowest BCUT2D eigenvalue weighted by Crippen LogP contribution is -2.67. The van der Waals surface area contributed by atoms with Crippen molar-refractivity contribution < 1.29 is 19.1 Å². The van der Waals surface area contributed by atoms with Crippen LogP contribution in [0, 0.1) is 0 Å². The molecule has 1 fully saturated rings. The van der Waals surface area contributed by atoms with Crippen LogP contribution in [0.1, 0.15) is 46.4 Å². The van der Waals surface area contributed by atoms with Crippen LogP contribution in [-0.2, 0) is 7.05 Å². The Kier molecular flexibility index (Phi) is 4.88. The molecule has 0 aliphatic carbocycles. The van der Waals surface area contributed by atoms with Crippen molar-refractivity contribution in [3.05, 3.63) is 52.1 Å². The van der Waals surface area contributed by atoms with Crippen molar-refractivity contribution in [3.8, 4) is 0 Å². The van der Waals surface area contributed by atoms with E-state index in [0.29, 0.717) is 5.76 Å². The van der Waals surface area contributed by atoms with Crippen molar-refractivity contribution in [2.75, 3.05) is 19.6 Å². The zero-order valence-electron chi connectivity index (χ0n) is 15.4. The molecule has 3 rings (SSSR count). The number of nitrogens with zero attached hydrogens (tertiary/aromatic N) is 3. The Labute approximate surface area is 155 Å². The fraction of sp³-hybridized carbons (Fsp3) is 0.444. The number of aryl methyl sites for hydroxylation is 1. The van der Waals surface area contributed by atoms with Crippen LogP contribution >= 0.6 is 0 Å². The van der Waals surface area contributed by atoms with Gasteiger partial charge in [0, 0.05) is 30.8 Å². The lowest BCUT2D eigenvalue weighted by molar-refractivity contribution is -0.0774. The molecule has 1 aliphatic rings. The SMILES string of the molecule is CC(C)c1ocnc1C(=O)N1CC(O)(CNC(=O)c2ccn(C)c(=O)c2)C1. The van der Waals surface area contributed by atoms with E-state index in [9.17, 15) is 19.5 Å². The number of oxazole rings is 1. The largest absolute Gasteiger partial charge is 0.447 e. The molecule has 2 amide bonds. The van der Waals surface area contributed by atoms with E-state index in [1.165, 1.54) is 34.2 Å². The first-order valence-corrected chi connectivity index (χ1v) is 8.60. The van der Waals surface area contributed by atoms with Gasteiger partial charge in [0.05, 0.1) is 19.6 Å². The molecule has 0 spiro atoms. The molecule has 0 aromatic carbocycles. The first kappa shape index (κ1) is 18.8. The Morgan fingerprint density at radius 2 is 2.11 bits per heavy atom. The van der Waals surface area contributed by atoms with Gasteiger partial charge in [-0.15, -0.1) is 0 Å². The number of carbonyl (C=O) groups excluding carboxylic acids is 2. The lowest BCUT2D eigenvalue weighted by atomic mass is 9.93. The van der Waals surface area contributed by atoms with Gasteiger partial charge in [0.2, 0.25) is 0 Å². The fourth-order valence-electron chi connectivity index (χ4n) is 2.93. The average Bonchev–Trinajstić information content (AvgIpc) is 3.09. The summed E-state index contributed by atoms with van der Waals surface area (Å²) >= 11 is 0. The molecular formula is C18H22N4O5. The van der Waals surface area contributed by atoms with E-state index in [1.807, 2.05) is 13.8 Å². The molecule has 9 heteroatoms. The Morgan fingerprint density at radius 3 is 2.74 bits per heavy atom. The molecule has 3 heterocycles. The Bertz CT molecular complexity index is 924. The number of aliphatic hydroxyl groups is 1. The zero-order valence-corrected chi connectivity index (χ0v) is 15.4. The summed E-state index contributed by atoms with van der Waals surface area (Å²) in [6, 6.07) is 2.75. The molecule has 0 bridgehead atoms. The Morgan fingerprint density at radius 1 is 1.41 bits per heavy atom. The van der Waals surface area contributed by atoms with Gasteiger partial charge < -0.3 is 24.3 Å². The number of carbonyl (C=O) groups is 2. The molecule has 0 saturated carbocycles. The van der Waals surface area contributed by atoms with Crippen molar-refractivity contribution in [3.63, 3.8) is 0 Å². The first-order chi connectivity index (χ1) is 12.7. The van der Waals surface area contributed by atoms with Crippen LogP contribution in [0.25, 0.3) is 0 Å². The number of nitrogens with one attached hydrogen (secondary N) is 1. The maximum absolute atomic E-state index is 12.5. The van der Waals surface area contributed by atoms with Gasteiger partial charge >= 0.3 is 0 Å². The number of amides is 2. The highest BCUT2D eigenvalue weighted by Crippen LogP contribution is 2.25. The Hall–Kier alpha value is -2.94. The van der Waals surface area contributed by atoms with E-state index in [0.717, 1.165) is 0 Å². The average molecular weight is 374 g/mol. The van der Waals surface area contributed by atoms with Crippen LogP contribution in [-0.4, -0.2) is 56.6 Å². The van der Waals surface area contributed by atoms with Crippen molar-refractivity contribution in [1.82, 2.24) is 19.8 Å². The standard InChI is InChI=1S/C18H22N4O5/c1-11(2)15-14(20-10-27-15)17(25)22-8-18(26,9-22)7-19-16(24)12-4-5-21(3)13(23)6-12/h4-6,10-11,26H,7-9H2,1-3H3,(H,19,24). The predicted molar refractivity (Wildman–Crippen MR) is 95.5 cm³/mol. The van der Waals surface area contributed by atoms with Gasteiger partial charge in [-0.2, -0.15) is 0 Å². The van der Waals surface area contributed by atoms with Gasteiger partial charge in [0.1, 0.15) is 11.4 Å². The van der Waals surface area contributed by atoms with Gasteiger partial charge in [-0.05, 0) is 6.07 Å². The molecule has 9 nitrogen and oxygen atoms in total. The molecule has 0 atom stereocenters. The topological polar surface area (TPSA) is 118 Å².